The number of urea groups is 1. The van der Waals surface area contributed by atoms with Gasteiger partial charge in [-0.25, -0.2) is 4.79 Å². The largest absolute Gasteiger partial charge is 0.481 e. The molecule has 1 unspecified atom stereocenters. The first-order valence-corrected chi connectivity index (χ1v) is 7.14. The summed E-state index contributed by atoms with van der Waals surface area (Å²) in [4.78, 5) is 24.3. The summed E-state index contributed by atoms with van der Waals surface area (Å²) in [7, 11) is 0. The number of nitrogens with zero attached hydrogens (tertiary/aromatic N) is 1. The second kappa shape index (κ2) is 9.55. The van der Waals surface area contributed by atoms with E-state index in [0.29, 0.717) is 13.0 Å². The topological polar surface area (TPSA) is 90.9 Å². The van der Waals surface area contributed by atoms with Gasteiger partial charge in [-0.05, 0) is 26.3 Å². The van der Waals surface area contributed by atoms with E-state index in [0.717, 1.165) is 39.3 Å². The van der Waals surface area contributed by atoms with Gasteiger partial charge in [0.25, 0.3) is 0 Å². The van der Waals surface area contributed by atoms with E-state index in [1.54, 1.807) is 6.92 Å². The highest BCUT2D eigenvalue weighted by molar-refractivity contribution is 5.74. The van der Waals surface area contributed by atoms with Crippen molar-refractivity contribution >= 4 is 12.0 Å². The predicted molar refractivity (Wildman–Crippen MR) is 74.7 cm³/mol. The molecular weight excluding hydrogens is 262 g/mol. The highest BCUT2D eigenvalue weighted by atomic mass is 16.5. The van der Waals surface area contributed by atoms with Gasteiger partial charge >= 0.3 is 12.0 Å². The quantitative estimate of drug-likeness (QED) is 0.557. The molecule has 1 heterocycles. The van der Waals surface area contributed by atoms with E-state index >= 15 is 0 Å². The van der Waals surface area contributed by atoms with Crippen LogP contribution in [0.15, 0.2) is 0 Å². The number of morpholine rings is 1. The Balaban J connectivity index is 2.00. The van der Waals surface area contributed by atoms with Gasteiger partial charge in [0.1, 0.15) is 0 Å². The Morgan fingerprint density at radius 1 is 1.35 bits per heavy atom. The van der Waals surface area contributed by atoms with Crippen molar-refractivity contribution in [3.05, 3.63) is 0 Å². The molecule has 20 heavy (non-hydrogen) atoms. The fourth-order valence-corrected chi connectivity index (χ4v) is 2.02. The number of rotatable bonds is 8. The van der Waals surface area contributed by atoms with Crippen molar-refractivity contribution in [3.8, 4) is 0 Å². The first-order chi connectivity index (χ1) is 9.58. The van der Waals surface area contributed by atoms with Crippen LogP contribution in [0.4, 0.5) is 4.79 Å². The van der Waals surface area contributed by atoms with Gasteiger partial charge < -0.3 is 20.5 Å². The van der Waals surface area contributed by atoms with Crippen LogP contribution < -0.4 is 10.6 Å². The zero-order valence-corrected chi connectivity index (χ0v) is 12.1. The van der Waals surface area contributed by atoms with Gasteiger partial charge in [0.05, 0.1) is 13.2 Å². The van der Waals surface area contributed by atoms with Crippen molar-refractivity contribution in [1.29, 1.82) is 0 Å². The molecule has 1 saturated heterocycles. The maximum absolute atomic E-state index is 11.5. The second-order valence-corrected chi connectivity index (χ2v) is 5.04. The van der Waals surface area contributed by atoms with Crippen LogP contribution >= 0.6 is 0 Å². The minimum Gasteiger partial charge on any atom is -0.481 e. The smallest absolute Gasteiger partial charge is 0.314 e. The lowest BCUT2D eigenvalue weighted by Crippen LogP contribution is -2.42. The Kier molecular flexibility index (Phi) is 7.98. The first-order valence-electron chi connectivity index (χ1n) is 7.14. The molecule has 3 N–H and O–H groups in total. The van der Waals surface area contributed by atoms with Gasteiger partial charge in [0.2, 0.25) is 0 Å². The minimum absolute atomic E-state index is 0.0679. The Morgan fingerprint density at radius 3 is 2.70 bits per heavy atom. The molecule has 116 valence electrons. The summed E-state index contributed by atoms with van der Waals surface area (Å²) in [6.45, 7) is 6.87. The molecule has 7 nitrogen and oxygen atoms in total. The number of nitrogens with one attached hydrogen (secondary N) is 2. The first kappa shape index (κ1) is 16.7. The van der Waals surface area contributed by atoms with Gasteiger partial charge in [-0.3, -0.25) is 9.69 Å². The van der Waals surface area contributed by atoms with Crippen LogP contribution in [-0.4, -0.2) is 67.4 Å². The standard InChI is InChI=1S/C13H25N3O4/c1-11(3-4-12(17)18)15-13(19)14-5-2-6-16-7-9-20-10-8-16/h11H,2-10H2,1H3,(H,17,18)(H2,14,15,19). The Hall–Kier alpha value is -1.34. The van der Waals surface area contributed by atoms with Crippen LogP contribution in [0.2, 0.25) is 0 Å². The van der Waals surface area contributed by atoms with Crippen molar-refractivity contribution in [2.75, 3.05) is 39.4 Å². The molecule has 0 spiro atoms. The molecular formula is C13H25N3O4. The van der Waals surface area contributed by atoms with E-state index in [1.165, 1.54) is 0 Å². The molecule has 0 radical (unpaired) electrons. The summed E-state index contributed by atoms with van der Waals surface area (Å²) in [5.41, 5.74) is 0. The number of aliphatic carboxylic acids is 1. The number of carbonyl (C=O) groups is 2. The number of amides is 2. The fourth-order valence-electron chi connectivity index (χ4n) is 2.02. The lowest BCUT2D eigenvalue weighted by Gasteiger charge is -2.26. The van der Waals surface area contributed by atoms with E-state index in [9.17, 15) is 9.59 Å². The van der Waals surface area contributed by atoms with E-state index in [-0.39, 0.29) is 18.5 Å². The Bertz CT molecular complexity index is 306. The van der Waals surface area contributed by atoms with Crippen LogP contribution in [0.3, 0.4) is 0 Å². The number of carboxylic acid groups (broad SMARTS) is 1. The van der Waals surface area contributed by atoms with E-state index in [1.807, 2.05) is 0 Å². The van der Waals surface area contributed by atoms with E-state index < -0.39 is 5.97 Å². The summed E-state index contributed by atoms with van der Waals surface area (Å²) in [6.07, 6.45) is 1.41. The zero-order valence-electron chi connectivity index (χ0n) is 12.1. The molecule has 1 fully saturated rings. The molecule has 0 aromatic heterocycles. The van der Waals surface area contributed by atoms with Crippen molar-refractivity contribution < 1.29 is 19.4 Å². The molecule has 0 aliphatic carbocycles. The SMILES string of the molecule is CC(CCC(=O)O)NC(=O)NCCCN1CCOCC1. The molecule has 2 amide bonds. The Labute approximate surface area is 119 Å². The molecule has 1 rings (SSSR count). The molecule has 7 heteroatoms. The van der Waals surface area contributed by atoms with Crippen LogP contribution in [0.25, 0.3) is 0 Å². The second-order valence-electron chi connectivity index (χ2n) is 5.04. The van der Waals surface area contributed by atoms with Gasteiger partial charge in [0, 0.05) is 32.1 Å². The van der Waals surface area contributed by atoms with Crippen LogP contribution in [-0.2, 0) is 9.53 Å². The van der Waals surface area contributed by atoms with Crippen molar-refractivity contribution in [2.45, 2.75) is 32.2 Å². The molecule has 0 aromatic rings. The third-order valence-corrected chi connectivity index (χ3v) is 3.21. The summed E-state index contributed by atoms with van der Waals surface area (Å²) in [5, 5.41) is 14.1. The van der Waals surface area contributed by atoms with Crippen molar-refractivity contribution in [1.82, 2.24) is 15.5 Å². The maximum atomic E-state index is 11.5. The number of carboxylic acids is 1. The average Bonchev–Trinajstić information content (AvgIpc) is 2.42. The number of carbonyl (C=O) groups excluding carboxylic acids is 1. The van der Waals surface area contributed by atoms with Gasteiger partial charge in [-0.15, -0.1) is 0 Å². The van der Waals surface area contributed by atoms with Crippen molar-refractivity contribution in [3.63, 3.8) is 0 Å². The summed E-state index contributed by atoms with van der Waals surface area (Å²) in [5.74, 6) is -0.843. The highest BCUT2D eigenvalue weighted by Gasteiger charge is 2.10. The average molecular weight is 287 g/mol. The van der Waals surface area contributed by atoms with E-state index in [4.69, 9.17) is 9.84 Å². The highest BCUT2D eigenvalue weighted by Crippen LogP contribution is 1.98. The molecule has 1 aliphatic rings. The minimum atomic E-state index is -0.843. The molecule has 1 aliphatic heterocycles. The van der Waals surface area contributed by atoms with Crippen LogP contribution in [0.5, 0.6) is 0 Å². The number of ether oxygens (including phenoxy) is 1. The molecule has 0 saturated carbocycles. The van der Waals surface area contributed by atoms with Gasteiger partial charge in [-0.1, -0.05) is 0 Å². The number of hydrogen-bond donors (Lipinski definition) is 3. The van der Waals surface area contributed by atoms with Gasteiger partial charge in [-0.2, -0.15) is 0 Å². The maximum Gasteiger partial charge on any atom is 0.314 e. The molecule has 1 atom stereocenters. The monoisotopic (exact) mass is 287 g/mol. The van der Waals surface area contributed by atoms with Crippen LogP contribution in [0.1, 0.15) is 26.2 Å². The molecule has 0 bridgehead atoms. The molecule has 0 aromatic carbocycles. The zero-order chi connectivity index (χ0) is 14.8. The van der Waals surface area contributed by atoms with Crippen molar-refractivity contribution in [2.24, 2.45) is 0 Å². The van der Waals surface area contributed by atoms with Gasteiger partial charge in [0.15, 0.2) is 0 Å². The lowest BCUT2D eigenvalue weighted by molar-refractivity contribution is -0.137. The predicted octanol–water partition coefficient (Wildman–Crippen LogP) is 0.261. The normalized spacial score (nSPS) is 17.4. The third-order valence-electron chi connectivity index (χ3n) is 3.21. The number of hydrogen-bond acceptors (Lipinski definition) is 4. The van der Waals surface area contributed by atoms with Crippen LogP contribution in [0, 0.1) is 0 Å². The summed E-state index contributed by atoms with van der Waals surface area (Å²) >= 11 is 0. The summed E-state index contributed by atoms with van der Waals surface area (Å²) in [6, 6.07) is -0.366. The Morgan fingerprint density at radius 2 is 2.05 bits per heavy atom. The lowest BCUT2D eigenvalue weighted by atomic mass is 10.2. The van der Waals surface area contributed by atoms with E-state index in [2.05, 4.69) is 15.5 Å². The summed E-state index contributed by atoms with van der Waals surface area (Å²) < 4.78 is 5.26. The third kappa shape index (κ3) is 7.96. The fraction of sp³-hybridized carbons (Fsp3) is 0.846.